The highest BCUT2D eigenvalue weighted by molar-refractivity contribution is 6.11. The Morgan fingerprint density at radius 1 is 0.356 bits per heavy atom. The summed E-state index contributed by atoms with van der Waals surface area (Å²) < 4.78 is 0. The first-order valence-corrected chi connectivity index (χ1v) is 19.7. The smallest absolute Gasteiger partial charge is 0.0991 e. The largest absolute Gasteiger partial charge is 0.310 e. The van der Waals surface area contributed by atoms with Crippen molar-refractivity contribution in [2.45, 2.75) is 5.41 Å². The molecule has 0 fully saturated rings. The molecule has 0 unspecified atom stereocenters. The number of benzene rings is 9. The van der Waals surface area contributed by atoms with E-state index >= 15 is 0 Å². The molecule has 0 atom stereocenters. The highest BCUT2D eigenvalue weighted by Crippen LogP contribution is 2.60. The number of anilines is 6. The molecule has 0 aliphatic heterocycles. The first-order chi connectivity index (χ1) is 29.2. The molecule has 276 valence electrons. The van der Waals surface area contributed by atoms with Crippen molar-refractivity contribution in [2.75, 3.05) is 9.80 Å². The van der Waals surface area contributed by atoms with E-state index in [9.17, 15) is 10.5 Å². The van der Waals surface area contributed by atoms with Crippen molar-refractivity contribution >= 4 is 44.9 Å². The van der Waals surface area contributed by atoms with Crippen LogP contribution in [0.3, 0.4) is 0 Å². The molecule has 0 N–H and O–H groups in total. The summed E-state index contributed by atoms with van der Waals surface area (Å²) in [6.07, 6.45) is 0. The second-order valence-corrected chi connectivity index (χ2v) is 14.7. The van der Waals surface area contributed by atoms with Gasteiger partial charge in [0.25, 0.3) is 0 Å². The van der Waals surface area contributed by atoms with E-state index in [4.69, 9.17) is 0 Å². The molecule has 9 aromatic carbocycles. The molecule has 0 radical (unpaired) electrons. The molecular formula is C55H36N4. The van der Waals surface area contributed by atoms with Crippen molar-refractivity contribution in [3.63, 3.8) is 0 Å². The van der Waals surface area contributed by atoms with Gasteiger partial charge in [-0.2, -0.15) is 10.5 Å². The van der Waals surface area contributed by atoms with Crippen molar-refractivity contribution in [3.8, 4) is 23.3 Å². The van der Waals surface area contributed by atoms with Crippen LogP contribution in [0.4, 0.5) is 34.1 Å². The van der Waals surface area contributed by atoms with E-state index in [1.54, 1.807) is 0 Å². The van der Waals surface area contributed by atoms with Gasteiger partial charge in [-0.15, -0.1) is 0 Å². The van der Waals surface area contributed by atoms with Gasteiger partial charge in [0.1, 0.15) is 0 Å². The lowest BCUT2D eigenvalue weighted by molar-refractivity contribution is 0.769. The SMILES string of the molecule is N#Cc1ccc(N(c2ccc(C#N)cc2)c2ccc3c(c2)C(c2ccccc2)(c2ccccc2)c2cc(N(c4ccccc4)c4ccccc4)c4ccccc4c2-3)cc1. The summed E-state index contributed by atoms with van der Waals surface area (Å²) >= 11 is 0. The molecule has 0 heterocycles. The van der Waals surface area contributed by atoms with E-state index in [1.807, 2.05) is 48.5 Å². The highest BCUT2D eigenvalue weighted by atomic mass is 15.1. The number of nitriles is 2. The highest BCUT2D eigenvalue weighted by Gasteiger charge is 2.48. The van der Waals surface area contributed by atoms with Gasteiger partial charge < -0.3 is 9.80 Å². The maximum absolute atomic E-state index is 9.69. The van der Waals surface area contributed by atoms with Crippen molar-refractivity contribution in [1.82, 2.24) is 0 Å². The molecule has 1 aliphatic carbocycles. The maximum atomic E-state index is 9.69. The first kappa shape index (κ1) is 35.2. The number of nitrogens with zero attached hydrogens (tertiary/aromatic N) is 4. The van der Waals surface area contributed by atoms with Crippen LogP contribution >= 0.6 is 0 Å². The third-order valence-electron chi connectivity index (χ3n) is 11.6. The minimum atomic E-state index is -0.720. The van der Waals surface area contributed by atoms with Crippen LogP contribution in [0.25, 0.3) is 21.9 Å². The van der Waals surface area contributed by atoms with Crippen LogP contribution < -0.4 is 9.80 Å². The van der Waals surface area contributed by atoms with Gasteiger partial charge in [0, 0.05) is 33.8 Å². The maximum Gasteiger partial charge on any atom is 0.0991 e. The quantitative estimate of drug-likeness (QED) is 0.155. The van der Waals surface area contributed by atoms with Crippen molar-refractivity contribution in [3.05, 3.63) is 252 Å². The molecule has 1 aliphatic rings. The van der Waals surface area contributed by atoms with Gasteiger partial charge in [0.15, 0.2) is 0 Å². The Labute approximate surface area is 344 Å². The van der Waals surface area contributed by atoms with Gasteiger partial charge in [-0.25, -0.2) is 0 Å². The Hall–Kier alpha value is -8.18. The predicted molar refractivity (Wildman–Crippen MR) is 240 cm³/mol. The minimum Gasteiger partial charge on any atom is -0.310 e. The number of para-hydroxylation sites is 2. The molecular weight excluding hydrogens is 717 g/mol. The Kier molecular flexibility index (Phi) is 8.79. The van der Waals surface area contributed by atoms with Gasteiger partial charge in [-0.3, -0.25) is 0 Å². The van der Waals surface area contributed by atoms with Crippen molar-refractivity contribution in [1.29, 1.82) is 10.5 Å². The van der Waals surface area contributed by atoms with Gasteiger partial charge in [-0.1, -0.05) is 127 Å². The predicted octanol–water partition coefficient (Wildman–Crippen LogP) is 13.9. The molecule has 0 saturated heterocycles. The zero-order valence-electron chi connectivity index (χ0n) is 32.1. The second-order valence-electron chi connectivity index (χ2n) is 14.7. The molecule has 0 amide bonds. The van der Waals surface area contributed by atoms with E-state index < -0.39 is 5.41 Å². The van der Waals surface area contributed by atoms with Crippen LogP contribution in [0, 0.1) is 22.7 Å². The van der Waals surface area contributed by atoms with Crippen LogP contribution in [0.15, 0.2) is 218 Å². The molecule has 0 saturated carbocycles. The normalized spacial score (nSPS) is 12.2. The average Bonchev–Trinajstić information content (AvgIpc) is 3.61. The summed E-state index contributed by atoms with van der Waals surface area (Å²) in [5.41, 5.74) is 13.6. The Morgan fingerprint density at radius 2 is 0.780 bits per heavy atom. The van der Waals surface area contributed by atoms with Gasteiger partial charge in [-0.05, 0) is 130 Å². The van der Waals surface area contributed by atoms with E-state index in [1.165, 1.54) is 38.8 Å². The topological polar surface area (TPSA) is 54.1 Å². The van der Waals surface area contributed by atoms with E-state index in [0.717, 1.165) is 39.5 Å². The summed E-state index contributed by atoms with van der Waals surface area (Å²) in [6.45, 7) is 0. The van der Waals surface area contributed by atoms with Crippen LogP contribution in [0.1, 0.15) is 33.4 Å². The standard InChI is InChI=1S/C55H36N4/c56-37-39-25-29-45(30-26-39)58(46-31-27-40(38-57)28-32-46)47-33-34-50-51(35-47)55(41-15-5-1-6-16-41,42-17-7-2-8-18-42)52-36-53(48-23-13-14-24-49(48)54(50)52)59(43-19-9-3-10-20-43)44-21-11-4-12-22-44/h1-36H. The van der Waals surface area contributed by atoms with Crippen LogP contribution in [-0.4, -0.2) is 0 Å². The molecule has 0 bridgehead atoms. The summed E-state index contributed by atoms with van der Waals surface area (Å²) in [7, 11) is 0. The van der Waals surface area contributed by atoms with Crippen LogP contribution in [0.2, 0.25) is 0 Å². The van der Waals surface area contributed by atoms with E-state index in [-0.39, 0.29) is 0 Å². The molecule has 10 rings (SSSR count). The first-order valence-electron chi connectivity index (χ1n) is 19.7. The Balaban J connectivity index is 1.32. The molecule has 0 aromatic heterocycles. The fourth-order valence-electron chi connectivity index (χ4n) is 9.04. The fourth-order valence-corrected chi connectivity index (χ4v) is 9.04. The number of rotatable bonds is 8. The van der Waals surface area contributed by atoms with Gasteiger partial charge in [0.05, 0.1) is 34.4 Å². The summed E-state index contributed by atoms with van der Waals surface area (Å²) in [5, 5.41) is 21.7. The summed E-state index contributed by atoms with van der Waals surface area (Å²) in [6, 6.07) is 81.1. The second kappa shape index (κ2) is 14.7. The van der Waals surface area contributed by atoms with Crippen molar-refractivity contribution < 1.29 is 0 Å². The number of fused-ring (bicyclic) bond motifs is 5. The Bertz CT molecular complexity index is 2900. The zero-order valence-corrected chi connectivity index (χ0v) is 32.1. The van der Waals surface area contributed by atoms with Crippen LogP contribution in [0.5, 0.6) is 0 Å². The molecule has 4 heteroatoms. The fraction of sp³-hybridized carbons (Fsp3) is 0.0182. The lowest BCUT2D eigenvalue weighted by Crippen LogP contribution is -2.29. The third kappa shape index (κ3) is 5.83. The zero-order chi connectivity index (χ0) is 39.8. The molecule has 59 heavy (non-hydrogen) atoms. The third-order valence-corrected chi connectivity index (χ3v) is 11.6. The lowest BCUT2D eigenvalue weighted by Gasteiger charge is -2.36. The van der Waals surface area contributed by atoms with Crippen LogP contribution in [-0.2, 0) is 5.41 Å². The monoisotopic (exact) mass is 752 g/mol. The van der Waals surface area contributed by atoms with Crippen molar-refractivity contribution in [2.24, 2.45) is 0 Å². The minimum absolute atomic E-state index is 0.591. The number of hydrogen-bond acceptors (Lipinski definition) is 4. The van der Waals surface area contributed by atoms with E-state index in [0.29, 0.717) is 11.1 Å². The van der Waals surface area contributed by atoms with Gasteiger partial charge in [0.2, 0.25) is 0 Å². The lowest BCUT2D eigenvalue weighted by atomic mass is 9.67. The molecule has 4 nitrogen and oxygen atoms in total. The number of hydrogen-bond donors (Lipinski definition) is 0. The molecule has 0 spiro atoms. The summed E-state index contributed by atoms with van der Waals surface area (Å²) in [5.74, 6) is 0. The Morgan fingerprint density at radius 3 is 1.27 bits per heavy atom. The van der Waals surface area contributed by atoms with E-state index in [2.05, 4.69) is 192 Å². The average molecular weight is 753 g/mol. The summed E-state index contributed by atoms with van der Waals surface area (Å²) in [4.78, 5) is 4.59. The molecule has 9 aromatic rings. The van der Waals surface area contributed by atoms with Gasteiger partial charge >= 0.3 is 0 Å².